The number of likely N-dealkylation sites (tertiary alicyclic amines) is 1. The van der Waals surface area contributed by atoms with Crippen LogP contribution in [-0.4, -0.2) is 69.1 Å². The lowest BCUT2D eigenvalue weighted by Crippen LogP contribution is -2.38. The summed E-state index contributed by atoms with van der Waals surface area (Å²) < 4.78 is 57.7. The molecule has 1 aromatic carbocycles. The van der Waals surface area contributed by atoms with E-state index in [1.165, 1.54) is 35.1 Å². The SMILES string of the molecule is C=CC(=O)N1C[C@@H](Cn2nc(C#Cc3cc4[nH]cnc4cc3F)c(C(N)=O)c2NC)C[C@@H]1COC(F)(F)F. The van der Waals surface area contributed by atoms with Crippen molar-refractivity contribution in [1.29, 1.82) is 0 Å². The zero-order chi connectivity index (χ0) is 27.6. The number of alkyl halides is 3. The Balaban J connectivity index is 1.62. The average molecular weight is 533 g/mol. The summed E-state index contributed by atoms with van der Waals surface area (Å²) in [6, 6.07) is 1.85. The maximum absolute atomic E-state index is 14.5. The molecule has 0 saturated carbocycles. The summed E-state index contributed by atoms with van der Waals surface area (Å²) in [5.74, 6) is 3.26. The molecule has 1 aliphatic rings. The largest absolute Gasteiger partial charge is 0.522 e. The van der Waals surface area contributed by atoms with Gasteiger partial charge in [0.1, 0.15) is 17.2 Å². The molecule has 0 unspecified atom stereocenters. The van der Waals surface area contributed by atoms with E-state index in [1.54, 1.807) is 0 Å². The van der Waals surface area contributed by atoms with E-state index in [0.717, 1.165) is 6.08 Å². The van der Waals surface area contributed by atoms with Crippen molar-refractivity contribution >= 4 is 28.7 Å². The number of nitrogens with one attached hydrogen (secondary N) is 2. The van der Waals surface area contributed by atoms with Gasteiger partial charge in [-0.15, -0.1) is 13.2 Å². The van der Waals surface area contributed by atoms with Crippen LogP contribution < -0.4 is 11.1 Å². The summed E-state index contributed by atoms with van der Waals surface area (Å²) in [7, 11) is 1.53. The molecule has 0 aliphatic carbocycles. The van der Waals surface area contributed by atoms with Crippen molar-refractivity contribution in [2.45, 2.75) is 25.4 Å². The highest BCUT2D eigenvalue weighted by Crippen LogP contribution is 2.29. The highest BCUT2D eigenvalue weighted by atomic mass is 19.4. The number of aromatic nitrogens is 4. The van der Waals surface area contributed by atoms with Crippen molar-refractivity contribution in [2.75, 3.05) is 25.5 Å². The zero-order valence-corrected chi connectivity index (χ0v) is 20.1. The van der Waals surface area contributed by atoms with Gasteiger partial charge in [0.25, 0.3) is 5.91 Å². The molecule has 2 atom stereocenters. The Bertz CT molecular complexity index is 1450. The predicted molar refractivity (Wildman–Crippen MR) is 128 cm³/mol. The number of ether oxygens (including phenoxy) is 1. The third kappa shape index (κ3) is 5.62. The molecule has 1 aliphatic heterocycles. The van der Waals surface area contributed by atoms with Gasteiger partial charge < -0.3 is 20.9 Å². The number of carbonyl (C=O) groups is 2. The van der Waals surface area contributed by atoms with Gasteiger partial charge in [-0.25, -0.2) is 14.1 Å². The van der Waals surface area contributed by atoms with Gasteiger partial charge in [-0.3, -0.25) is 14.3 Å². The Morgan fingerprint density at radius 2 is 2.13 bits per heavy atom. The summed E-state index contributed by atoms with van der Waals surface area (Å²) in [5.41, 5.74) is 6.57. The van der Waals surface area contributed by atoms with Crippen LogP contribution in [-0.2, 0) is 16.1 Å². The number of aromatic amines is 1. The number of halogens is 4. The Hall–Kier alpha value is -4.38. The van der Waals surface area contributed by atoms with Crippen molar-refractivity contribution < 1.29 is 31.9 Å². The molecule has 200 valence electrons. The molecule has 1 fully saturated rings. The number of anilines is 1. The predicted octanol–water partition coefficient (Wildman–Crippen LogP) is 2.38. The molecule has 1 saturated heterocycles. The lowest BCUT2D eigenvalue weighted by atomic mass is 10.1. The monoisotopic (exact) mass is 533 g/mol. The molecule has 0 spiro atoms. The molecule has 14 heteroatoms. The molecule has 3 aromatic rings. The summed E-state index contributed by atoms with van der Waals surface area (Å²) >= 11 is 0. The number of carbonyl (C=O) groups excluding carboxylic acids is 2. The summed E-state index contributed by atoms with van der Waals surface area (Å²) in [4.78, 5) is 32.6. The van der Waals surface area contributed by atoms with Crippen molar-refractivity contribution in [3.8, 4) is 11.8 Å². The zero-order valence-electron chi connectivity index (χ0n) is 20.1. The fraction of sp³-hybridized carbons (Fsp3) is 0.333. The number of fused-ring (bicyclic) bond motifs is 1. The fourth-order valence-corrected chi connectivity index (χ4v) is 4.47. The van der Waals surface area contributed by atoms with Crippen molar-refractivity contribution in [2.24, 2.45) is 11.7 Å². The number of H-pyrrole nitrogens is 1. The van der Waals surface area contributed by atoms with Gasteiger partial charge in [0.05, 0.1) is 35.6 Å². The van der Waals surface area contributed by atoms with Crippen LogP contribution in [0.4, 0.5) is 23.4 Å². The van der Waals surface area contributed by atoms with Crippen LogP contribution in [0.1, 0.15) is 28.0 Å². The van der Waals surface area contributed by atoms with Gasteiger partial charge in [-0.2, -0.15) is 5.10 Å². The molecule has 2 amide bonds. The Morgan fingerprint density at radius 3 is 2.79 bits per heavy atom. The normalized spacial score (nSPS) is 17.3. The second-order valence-electron chi connectivity index (χ2n) is 8.58. The molecular formula is C24H23F4N7O3. The molecule has 2 aromatic heterocycles. The fourth-order valence-electron chi connectivity index (χ4n) is 4.47. The second-order valence-corrected chi connectivity index (χ2v) is 8.58. The van der Waals surface area contributed by atoms with Crippen LogP contribution in [0, 0.1) is 23.6 Å². The molecule has 4 N–H and O–H groups in total. The standard InChI is InChI=1S/C24H23F4N7O3/c1-3-20(36)34-9-13(6-15(34)11-38-24(26,27)28)10-35-23(30-2)21(22(29)37)17(33-35)5-4-14-7-18-19(8-16(14)25)32-12-31-18/h3,7-8,12-13,15,30H,1,6,9-11H2,2H3,(H2,29,37)(H,31,32)/t13-,15+/m0/s1. The van der Waals surface area contributed by atoms with Crippen molar-refractivity contribution in [1.82, 2.24) is 24.6 Å². The molecule has 4 rings (SSSR count). The molecule has 3 heterocycles. The van der Waals surface area contributed by atoms with Gasteiger partial charge in [0.15, 0.2) is 5.69 Å². The average Bonchev–Trinajstić information content (AvgIpc) is 3.56. The number of hydrogen-bond acceptors (Lipinski definition) is 6. The first kappa shape index (κ1) is 26.7. The Kier molecular flexibility index (Phi) is 7.40. The number of nitrogens with two attached hydrogens (primary N) is 1. The van der Waals surface area contributed by atoms with Crippen LogP contribution >= 0.6 is 0 Å². The number of nitrogens with zero attached hydrogens (tertiary/aromatic N) is 4. The molecule has 0 bridgehead atoms. The molecular weight excluding hydrogens is 510 g/mol. The van der Waals surface area contributed by atoms with E-state index in [0.29, 0.717) is 11.0 Å². The molecule has 38 heavy (non-hydrogen) atoms. The minimum absolute atomic E-state index is 0.0140. The van der Waals surface area contributed by atoms with Gasteiger partial charge in [0, 0.05) is 26.2 Å². The van der Waals surface area contributed by atoms with Crippen LogP contribution in [0.2, 0.25) is 0 Å². The second kappa shape index (κ2) is 10.5. The van der Waals surface area contributed by atoms with E-state index >= 15 is 0 Å². The number of benzene rings is 1. The quantitative estimate of drug-likeness (QED) is 0.243. The summed E-state index contributed by atoms with van der Waals surface area (Å²) in [5, 5.41) is 7.21. The molecule has 10 nitrogen and oxygen atoms in total. The first-order valence-corrected chi connectivity index (χ1v) is 11.4. The van der Waals surface area contributed by atoms with Gasteiger partial charge in [-0.1, -0.05) is 12.5 Å². The smallest absolute Gasteiger partial charge is 0.373 e. The van der Waals surface area contributed by atoms with Gasteiger partial charge >= 0.3 is 6.36 Å². The topological polar surface area (TPSA) is 131 Å². The van der Waals surface area contributed by atoms with E-state index in [1.807, 2.05) is 0 Å². The van der Waals surface area contributed by atoms with E-state index in [9.17, 15) is 27.2 Å². The Labute approximate surface area is 213 Å². The van der Waals surface area contributed by atoms with E-state index in [4.69, 9.17) is 5.73 Å². The number of hydrogen-bond donors (Lipinski definition) is 3. The van der Waals surface area contributed by atoms with Crippen LogP contribution in [0.5, 0.6) is 0 Å². The van der Waals surface area contributed by atoms with E-state index < -0.39 is 36.6 Å². The number of rotatable bonds is 7. The minimum Gasteiger partial charge on any atom is -0.373 e. The number of primary amides is 1. The minimum atomic E-state index is -4.84. The van der Waals surface area contributed by atoms with Crippen LogP contribution in [0.25, 0.3) is 11.0 Å². The van der Waals surface area contributed by atoms with E-state index in [2.05, 4.69) is 43.5 Å². The van der Waals surface area contributed by atoms with E-state index in [-0.39, 0.29) is 48.1 Å². The third-order valence-electron chi connectivity index (χ3n) is 6.09. The lowest BCUT2D eigenvalue weighted by molar-refractivity contribution is -0.327. The van der Waals surface area contributed by atoms with Crippen LogP contribution in [0.15, 0.2) is 31.1 Å². The van der Waals surface area contributed by atoms with Crippen molar-refractivity contribution in [3.05, 3.63) is 53.8 Å². The highest BCUT2D eigenvalue weighted by molar-refractivity contribution is 6.00. The molecule has 0 radical (unpaired) electrons. The lowest BCUT2D eigenvalue weighted by Gasteiger charge is -2.23. The maximum atomic E-state index is 14.5. The van der Waals surface area contributed by atoms with Gasteiger partial charge in [-0.05, 0) is 30.4 Å². The third-order valence-corrected chi connectivity index (χ3v) is 6.09. The summed E-state index contributed by atoms with van der Waals surface area (Å²) in [6.45, 7) is 2.91. The Morgan fingerprint density at radius 1 is 1.37 bits per heavy atom. The number of imidazole rings is 1. The highest BCUT2D eigenvalue weighted by Gasteiger charge is 2.39. The number of amides is 2. The maximum Gasteiger partial charge on any atom is 0.522 e. The first-order valence-electron chi connectivity index (χ1n) is 11.4. The van der Waals surface area contributed by atoms with Crippen LogP contribution in [0.3, 0.4) is 0 Å². The van der Waals surface area contributed by atoms with Gasteiger partial charge in [0.2, 0.25) is 5.91 Å². The first-order chi connectivity index (χ1) is 18.0. The summed E-state index contributed by atoms with van der Waals surface area (Å²) in [6.07, 6.45) is -2.22. The van der Waals surface area contributed by atoms with Crippen molar-refractivity contribution in [3.63, 3.8) is 0 Å².